The van der Waals surface area contributed by atoms with E-state index in [1.165, 1.54) is 12.1 Å². The van der Waals surface area contributed by atoms with E-state index in [-0.39, 0.29) is 9.90 Å². The third-order valence-corrected chi connectivity index (χ3v) is 3.54. The number of nitrogens with zero attached hydrogens (tertiary/aromatic N) is 3. The fraction of sp³-hybridized carbons (Fsp3) is 0.111. The van der Waals surface area contributed by atoms with Crippen LogP contribution in [-0.2, 0) is 6.18 Å². The summed E-state index contributed by atoms with van der Waals surface area (Å²) in [5.41, 5.74) is -0.00223. The van der Waals surface area contributed by atoms with Crippen LogP contribution in [0.25, 0.3) is 0 Å². The second-order valence-electron chi connectivity index (χ2n) is 3.17. The first kappa shape index (κ1) is 13.7. The number of hydrogen-bond donors (Lipinski definition) is 1. The molecule has 0 bridgehead atoms. The molecule has 0 radical (unpaired) electrons. The van der Waals surface area contributed by atoms with Crippen molar-refractivity contribution in [1.29, 1.82) is 0 Å². The normalized spacial score (nSPS) is 11.5. The molecule has 2 aromatic rings. The van der Waals surface area contributed by atoms with E-state index in [0.29, 0.717) is 16.6 Å². The lowest BCUT2D eigenvalue weighted by molar-refractivity contribution is -0.144. The van der Waals surface area contributed by atoms with Gasteiger partial charge in [-0.05, 0) is 35.4 Å². The van der Waals surface area contributed by atoms with E-state index in [9.17, 15) is 18.0 Å². The number of pyridine rings is 1. The summed E-state index contributed by atoms with van der Waals surface area (Å²) < 4.78 is 40.1. The van der Waals surface area contributed by atoms with Crippen LogP contribution in [-0.4, -0.2) is 25.4 Å². The standard InChI is InChI=1S/C9H4F3N3O2S2/c10-9(11,12)7-14-8(19-15-7)18-5-2-1-4(3-13-5)6(16)17/h1-3H,(H,16,17). The SMILES string of the molecule is O=C(O)c1ccc(Sc2nc(C(F)(F)F)ns2)nc1. The maximum atomic E-state index is 12.3. The Hall–Kier alpha value is -1.68. The fourth-order valence-corrected chi connectivity index (χ4v) is 2.53. The summed E-state index contributed by atoms with van der Waals surface area (Å²) in [4.78, 5) is 17.7. The molecule has 2 aromatic heterocycles. The molecule has 0 amide bonds. The second-order valence-corrected chi connectivity index (χ2v) is 5.19. The molecule has 1 N–H and O–H groups in total. The summed E-state index contributed by atoms with van der Waals surface area (Å²) in [5, 5.41) is 9.01. The Morgan fingerprint density at radius 3 is 2.58 bits per heavy atom. The van der Waals surface area contributed by atoms with Gasteiger partial charge in [-0.15, -0.1) is 0 Å². The van der Waals surface area contributed by atoms with Crippen molar-refractivity contribution < 1.29 is 23.1 Å². The second kappa shape index (κ2) is 5.13. The minimum atomic E-state index is -4.57. The zero-order valence-corrected chi connectivity index (χ0v) is 10.5. The van der Waals surface area contributed by atoms with Gasteiger partial charge < -0.3 is 5.11 Å². The number of alkyl halides is 3. The first-order valence-electron chi connectivity index (χ1n) is 4.64. The van der Waals surface area contributed by atoms with Gasteiger partial charge in [0.2, 0.25) is 5.82 Å². The third-order valence-electron chi connectivity index (χ3n) is 1.84. The zero-order valence-electron chi connectivity index (χ0n) is 8.88. The molecule has 5 nitrogen and oxygen atoms in total. The highest BCUT2D eigenvalue weighted by Gasteiger charge is 2.36. The molecular weight excluding hydrogens is 303 g/mol. The number of aromatic carboxylic acids is 1. The first-order chi connectivity index (χ1) is 8.86. The van der Waals surface area contributed by atoms with Gasteiger partial charge in [0.05, 0.1) is 5.56 Å². The molecule has 0 spiro atoms. The molecule has 2 rings (SSSR count). The van der Waals surface area contributed by atoms with Crippen molar-refractivity contribution in [2.75, 3.05) is 0 Å². The Morgan fingerprint density at radius 2 is 2.11 bits per heavy atom. The van der Waals surface area contributed by atoms with Gasteiger partial charge in [0.15, 0.2) is 4.34 Å². The average Bonchev–Trinajstić information content (AvgIpc) is 2.78. The Kier molecular flexibility index (Phi) is 3.71. The van der Waals surface area contributed by atoms with Crippen LogP contribution < -0.4 is 0 Å². The van der Waals surface area contributed by atoms with E-state index in [1.54, 1.807) is 0 Å². The van der Waals surface area contributed by atoms with Crippen LogP contribution in [0.5, 0.6) is 0 Å². The number of hydrogen-bond acceptors (Lipinski definition) is 6. The van der Waals surface area contributed by atoms with E-state index in [2.05, 4.69) is 14.3 Å². The topological polar surface area (TPSA) is 76.0 Å². The van der Waals surface area contributed by atoms with Crippen LogP contribution in [0, 0.1) is 0 Å². The molecule has 19 heavy (non-hydrogen) atoms. The quantitative estimate of drug-likeness (QED) is 0.939. The summed E-state index contributed by atoms with van der Waals surface area (Å²) in [6.07, 6.45) is -3.45. The summed E-state index contributed by atoms with van der Waals surface area (Å²) in [7, 11) is 0. The van der Waals surface area contributed by atoms with Gasteiger partial charge in [0.1, 0.15) is 5.03 Å². The molecule has 0 fully saturated rings. The van der Waals surface area contributed by atoms with E-state index in [1.807, 2.05) is 0 Å². The van der Waals surface area contributed by atoms with E-state index < -0.39 is 18.0 Å². The van der Waals surface area contributed by atoms with Crippen LogP contribution in [0.1, 0.15) is 16.2 Å². The fourth-order valence-electron chi connectivity index (χ4n) is 1.02. The lowest BCUT2D eigenvalue weighted by atomic mass is 10.3. The van der Waals surface area contributed by atoms with Crippen molar-refractivity contribution in [2.45, 2.75) is 15.5 Å². The highest BCUT2D eigenvalue weighted by Crippen LogP contribution is 2.33. The van der Waals surface area contributed by atoms with Gasteiger partial charge >= 0.3 is 12.1 Å². The van der Waals surface area contributed by atoms with Gasteiger partial charge in [-0.25, -0.2) is 14.8 Å². The molecule has 0 unspecified atom stereocenters. The molecule has 0 atom stereocenters. The Labute approximate surface area is 112 Å². The molecule has 2 heterocycles. The highest BCUT2D eigenvalue weighted by molar-refractivity contribution is 8.00. The van der Waals surface area contributed by atoms with Crippen molar-refractivity contribution in [3.8, 4) is 0 Å². The van der Waals surface area contributed by atoms with Crippen molar-refractivity contribution in [3.63, 3.8) is 0 Å². The molecule has 0 aliphatic heterocycles. The number of carboxylic acid groups (broad SMARTS) is 1. The predicted octanol–water partition coefficient (Wildman–Crippen LogP) is 2.80. The highest BCUT2D eigenvalue weighted by atomic mass is 32.2. The van der Waals surface area contributed by atoms with E-state index in [4.69, 9.17) is 5.11 Å². The smallest absolute Gasteiger partial charge is 0.452 e. The lowest BCUT2D eigenvalue weighted by Gasteiger charge is -1.98. The lowest BCUT2D eigenvalue weighted by Crippen LogP contribution is -2.06. The average molecular weight is 307 g/mol. The summed E-state index contributed by atoms with van der Waals surface area (Å²) in [6, 6.07) is 2.70. The third kappa shape index (κ3) is 3.41. The molecule has 0 saturated heterocycles. The maximum Gasteiger partial charge on any atom is 0.452 e. The minimum absolute atomic E-state index is 0.00223. The largest absolute Gasteiger partial charge is 0.478 e. The van der Waals surface area contributed by atoms with Crippen LogP contribution in [0.3, 0.4) is 0 Å². The monoisotopic (exact) mass is 307 g/mol. The number of aromatic nitrogens is 3. The van der Waals surface area contributed by atoms with Crippen LogP contribution >= 0.6 is 23.3 Å². The maximum absolute atomic E-state index is 12.3. The van der Waals surface area contributed by atoms with Gasteiger partial charge in [-0.1, -0.05) is 0 Å². The minimum Gasteiger partial charge on any atom is -0.478 e. The first-order valence-corrected chi connectivity index (χ1v) is 6.23. The molecule has 0 aliphatic rings. The molecule has 100 valence electrons. The van der Waals surface area contributed by atoms with Gasteiger partial charge in [-0.2, -0.15) is 17.5 Å². The molecule has 0 saturated carbocycles. The summed E-state index contributed by atoms with van der Waals surface area (Å²) >= 11 is 1.49. The Balaban J connectivity index is 2.13. The van der Waals surface area contributed by atoms with Crippen molar-refractivity contribution in [3.05, 3.63) is 29.7 Å². The van der Waals surface area contributed by atoms with Crippen molar-refractivity contribution in [2.24, 2.45) is 0 Å². The van der Waals surface area contributed by atoms with Gasteiger partial charge in [0.25, 0.3) is 0 Å². The summed E-state index contributed by atoms with van der Waals surface area (Å²) in [5.74, 6) is -2.32. The number of carbonyl (C=O) groups is 1. The van der Waals surface area contributed by atoms with E-state index in [0.717, 1.165) is 18.0 Å². The number of rotatable bonds is 3. The number of halogens is 3. The van der Waals surface area contributed by atoms with Gasteiger partial charge in [-0.3, -0.25) is 0 Å². The van der Waals surface area contributed by atoms with Gasteiger partial charge in [0, 0.05) is 6.20 Å². The molecular formula is C9H4F3N3O2S2. The van der Waals surface area contributed by atoms with Crippen LogP contribution in [0.15, 0.2) is 27.7 Å². The predicted molar refractivity (Wildman–Crippen MR) is 60.2 cm³/mol. The Morgan fingerprint density at radius 1 is 1.37 bits per heavy atom. The van der Waals surface area contributed by atoms with Crippen molar-refractivity contribution >= 4 is 29.3 Å². The van der Waals surface area contributed by atoms with Crippen LogP contribution in [0.4, 0.5) is 13.2 Å². The molecule has 0 aliphatic carbocycles. The molecule has 0 aromatic carbocycles. The molecule has 10 heteroatoms. The van der Waals surface area contributed by atoms with Crippen LogP contribution in [0.2, 0.25) is 0 Å². The Bertz CT molecular complexity index is 598. The number of carboxylic acids is 1. The van der Waals surface area contributed by atoms with Crippen molar-refractivity contribution in [1.82, 2.24) is 14.3 Å². The van der Waals surface area contributed by atoms with E-state index >= 15 is 0 Å². The summed E-state index contributed by atoms with van der Waals surface area (Å²) in [6.45, 7) is 0. The zero-order chi connectivity index (χ0) is 14.0.